The molecular formula is C16H26N2O. The van der Waals surface area contributed by atoms with Crippen LogP contribution in [0.25, 0.3) is 0 Å². The Balaban J connectivity index is 2.54. The van der Waals surface area contributed by atoms with Gasteiger partial charge in [-0.25, -0.2) is 0 Å². The zero-order valence-electron chi connectivity index (χ0n) is 12.5. The minimum atomic E-state index is -0.107. The van der Waals surface area contributed by atoms with Crippen molar-refractivity contribution < 1.29 is 4.79 Å². The highest BCUT2D eigenvalue weighted by Gasteiger charge is 2.23. The SMILES string of the molecule is Cc1cccc(CNC(=O)C(CN)CC(C)(C)C)c1. The van der Waals surface area contributed by atoms with Gasteiger partial charge in [-0.2, -0.15) is 0 Å². The fourth-order valence-corrected chi connectivity index (χ4v) is 2.18. The topological polar surface area (TPSA) is 55.1 Å². The van der Waals surface area contributed by atoms with Crippen molar-refractivity contribution in [2.24, 2.45) is 17.1 Å². The van der Waals surface area contributed by atoms with Crippen molar-refractivity contribution in [1.29, 1.82) is 0 Å². The number of carbonyl (C=O) groups is 1. The van der Waals surface area contributed by atoms with Gasteiger partial charge in [0.2, 0.25) is 5.91 Å². The first-order valence-corrected chi connectivity index (χ1v) is 6.85. The van der Waals surface area contributed by atoms with E-state index in [1.165, 1.54) is 5.56 Å². The highest BCUT2D eigenvalue weighted by Crippen LogP contribution is 2.24. The number of rotatable bonds is 5. The number of aryl methyl sites for hydroxylation is 1. The molecule has 0 saturated carbocycles. The van der Waals surface area contributed by atoms with Crippen molar-refractivity contribution in [2.45, 2.75) is 40.7 Å². The summed E-state index contributed by atoms with van der Waals surface area (Å²) in [5, 5.41) is 2.98. The minimum Gasteiger partial charge on any atom is -0.352 e. The maximum Gasteiger partial charge on any atom is 0.224 e. The summed E-state index contributed by atoms with van der Waals surface area (Å²) in [6.45, 7) is 9.40. The number of nitrogens with two attached hydrogens (primary N) is 1. The first kappa shape index (κ1) is 15.7. The molecule has 0 bridgehead atoms. The molecule has 0 saturated heterocycles. The van der Waals surface area contributed by atoms with E-state index >= 15 is 0 Å². The van der Waals surface area contributed by atoms with E-state index in [4.69, 9.17) is 5.73 Å². The molecule has 0 aromatic heterocycles. The Morgan fingerprint density at radius 3 is 2.58 bits per heavy atom. The van der Waals surface area contributed by atoms with E-state index in [0.29, 0.717) is 13.1 Å². The first-order chi connectivity index (χ1) is 8.81. The van der Waals surface area contributed by atoms with Crippen molar-refractivity contribution in [2.75, 3.05) is 6.54 Å². The molecule has 3 heteroatoms. The quantitative estimate of drug-likeness (QED) is 0.857. The third-order valence-electron chi connectivity index (χ3n) is 3.06. The Bertz CT molecular complexity index is 421. The van der Waals surface area contributed by atoms with Gasteiger partial charge >= 0.3 is 0 Å². The summed E-state index contributed by atoms with van der Waals surface area (Å²) in [6.07, 6.45) is 0.809. The van der Waals surface area contributed by atoms with Crippen molar-refractivity contribution in [1.82, 2.24) is 5.32 Å². The van der Waals surface area contributed by atoms with Gasteiger partial charge in [0, 0.05) is 13.1 Å². The fourth-order valence-electron chi connectivity index (χ4n) is 2.18. The van der Waals surface area contributed by atoms with Gasteiger partial charge in [-0.3, -0.25) is 4.79 Å². The molecule has 3 N–H and O–H groups in total. The average molecular weight is 262 g/mol. The molecule has 1 unspecified atom stereocenters. The monoisotopic (exact) mass is 262 g/mol. The summed E-state index contributed by atoms with van der Waals surface area (Å²) in [5.41, 5.74) is 8.16. The highest BCUT2D eigenvalue weighted by molar-refractivity contribution is 5.78. The van der Waals surface area contributed by atoms with E-state index in [9.17, 15) is 4.79 Å². The Kier molecular flexibility index (Phi) is 5.55. The van der Waals surface area contributed by atoms with Gasteiger partial charge < -0.3 is 11.1 Å². The summed E-state index contributed by atoms with van der Waals surface area (Å²) in [7, 11) is 0. The summed E-state index contributed by atoms with van der Waals surface area (Å²) in [4.78, 5) is 12.1. The number of carbonyl (C=O) groups excluding carboxylic acids is 1. The van der Waals surface area contributed by atoms with E-state index in [1.54, 1.807) is 0 Å². The number of nitrogens with one attached hydrogen (secondary N) is 1. The van der Waals surface area contributed by atoms with Crippen LogP contribution in [-0.2, 0) is 11.3 Å². The van der Waals surface area contributed by atoms with E-state index in [2.05, 4.69) is 32.2 Å². The smallest absolute Gasteiger partial charge is 0.224 e. The van der Waals surface area contributed by atoms with E-state index in [1.807, 2.05) is 25.1 Å². The molecule has 1 rings (SSSR count). The predicted octanol–water partition coefficient (Wildman–Crippen LogP) is 2.62. The normalized spacial score (nSPS) is 13.1. The van der Waals surface area contributed by atoms with Crippen LogP contribution < -0.4 is 11.1 Å². The summed E-state index contributed by atoms with van der Waals surface area (Å²) in [5.74, 6) is -0.0521. The molecule has 106 valence electrons. The number of amides is 1. The lowest BCUT2D eigenvalue weighted by atomic mass is 9.84. The fraction of sp³-hybridized carbons (Fsp3) is 0.562. The maximum atomic E-state index is 12.1. The first-order valence-electron chi connectivity index (χ1n) is 6.85. The van der Waals surface area contributed by atoms with Crippen LogP contribution in [-0.4, -0.2) is 12.5 Å². The number of hydrogen-bond donors (Lipinski definition) is 2. The molecule has 0 aliphatic carbocycles. The third kappa shape index (κ3) is 5.88. The van der Waals surface area contributed by atoms with Crippen molar-refractivity contribution in [3.8, 4) is 0 Å². The molecule has 0 fully saturated rings. The number of benzene rings is 1. The second kappa shape index (κ2) is 6.71. The molecular weight excluding hydrogens is 236 g/mol. The van der Waals surface area contributed by atoms with Crippen LogP contribution in [0, 0.1) is 18.3 Å². The lowest BCUT2D eigenvalue weighted by Gasteiger charge is -2.24. The second-order valence-corrected chi connectivity index (χ2v) is 6.40. The van der Waals surface area contributed by atoms with Crippen LogP contribution in [0.3, 0.4) is 0 Å². The van der Waals surface area contributed by atoms with Gasteiger partial charge in [0.1, 0.15) is 0 Å². The largest absolute Gasteiger partial charge is 0.352 e. The van der Waals surface area contributed by atoms with E-state index < -0.39 is 0 Å². The van der Waals surface area contributed by atoms with Gasteiger partial charge in [0.05, 0.1) is 5.92 Å². The average Bonchev–Trinajstić information content (AvgIpc) is 2.32. The summed E-state index contributed by atoms with van der Waals surface area (Å²) in [6, 6.07) is 8.16. The van der Waals surface area contributed by atoms with Crippen molar-refractivity contribution in [3.63, 3.8) is 0 Å². The summed E-state index contributed by atoms with van der Waals surface area (Å²) >= 11 is 0. The Morgan fingerprint density at radius 1 is 1.37 bits per heavy atom. The van der Waals surface area contributed by atoms with Gasteiger partial charge in [0.25, 0.3) is 0 Å². The Hall–Kier alpha value is -1.35. The third-order valence-corrected chi connectivity index (χ3v) is 3.06. The molecule has 0 aliphatic rings. The standard InChI is InChI=1S/C16H26N2O/c1-12-6-5-7-13(8-12)11-18-15(19)14(10-17)9-16(2,3)4/h5-8,14H,9-11,17H2,1-4H3,(H,18,19). The maximum absolute atomic E-state index is 12.1. The lowest BCUT2D eigenvalue weighted by Crippen LogP contribution is -2.36. The van der Waals surface area contributed by atoms with Crippen LogP contribution in [0.5, 0.6) is 0 Å². The molecule has 0 aliphatic heterocycles. The van der Waals surface area contributed by atoms with Crippen LogP contribution >= 0.6 is 0 Å². The molecule has 0 radical (unpaired) electrons. The molecule has 1 amide bonds. The number of hydrogen-bond acceptors (Lipinski definition) is 2. The van der Waals surface area contributed by atoms with Gasteiger partial charge in [-0.15, -0.1) is 0 Å². The Morgan fingerprint density at radius 2 is 2.05 bits per heavy atom. The molecule has 0 heterocycles. The Labute approximate surface area is 116 Å². The van der Waals surface area contributed by atoms with E-state index in [0.717, 1.165) is 12.0 Å². The van der Waals surface area contributed by atoms with Crippen LogP contribution in [0.4, 0.5) is 0 Å². The van der Waals surface area contributed by atoms with E-state index in [-0.39, 0.29) is 17.2 Å². The van der Waals surface area contributed by atoms with Crippen molar-refractivity contribution in [3.05, 3.63) is 35.4 Å². The van der Waals surface area contributed by atoms with Crippen LogP contribution in [0.15, 0.2) is 24.3 Å². The summed E-state index contributed by atoms with van der Waals surface area (Å²) < 4.78 is 0. The molecule has 1 aromatic carbocycles. The lowest BCUT2D eigenvalue weighted by molar-refractivity contribution is -0.125. The molecule has 0 spiro atoms. The zero-order valence-corrected chi connectivity index (χ0v) is 12.5. The molecule has 1 aromatic rings. The molecule has 3 nitrogen and oxygen atoms in total. The second-order valence-electron chi connectivity index (χ2n) is 6.40. The van der Waals surface area contributed by atoms with Gasteiger partial charge in [-0.05, 0) is 24.3 Å². The van der Waals surface area contributed by atoms with Gasteiger partial charge in [0.15, 0.2) is 0 Å². The van der Waals surface area contributed by atoms with Crippen molar-refractivity contribution >= 4 is 5.91 Å². The minimum absolute atomic E-state index is 0.0546. The molecule has 1 atom stereocenters. The van der Waals surface area contributed by atoms with Crippen LogP contribution in [0.1, 0.15) is 38.3 Å². The zero-order chi connectivity index (χ0) is 14.5. The molecule has 19 heavy (non-hydrogen) atoms. The van der Waals surface area contributed by atoms with Crippen LogP contribution in [0.2, 0.25) is 0 Å². The van der Waals surface area contributed by atoms with Gasteiger partial charge in [-0.1, -0.05) is 50.6 Å². The predicted molar refractivity (Wildman–Crippen MR) is 79.6 cm³/mol. The highest BCUT2D eigenvalue weighted by atomic mass is 16.1.